The second-order valence-corrected chi connectivity index (χ2v) is 7.50. The van der Waals surface area contributed by atoms with Crippen molar-refractivity contribution in [3.05, 3.63) is 12.2 Å². The molecule has 0 aromatic rings. The van der Waals surface area contributed by atoms with Gasteiger partial charge in [-0.25, -0.2) is 0 Å². The van der Waals surface area contributed by atoms with Gasteiger partial charge >= 0.3 is 0 Å². The van der Waals surface area contributed by atoms with E-state index in [1.54, 1.807) is 0 Å². The average Bonchev–Trinajstić information content (AvgIpc) is 2.75. The lowest BCUT2D eigenvalue weighted by atomic mass is 9.82. The summed E-state index contributed by atoms with van der Waals surface area (Å²) in [5.74, 6) is 1.03. The summed E-state index contributed by atoms with van der Waals surface area (Å²) in [4.78, 5) is 0. The Morgan fingerprint density at radius 2 is 1.86 bits per heavy atom. The Morgan fingerprint density at radius 1 is 1.14 bits per heavy atom. The van der Waals surface area contributed by atoms with Gasteiger partial charge in [0.2, 0.25) is 0 Å². The zero-order valence-corrected chi connectivity index (χ0v) is 13.4. The molecule has 0 bridgehead atoms. The van der Waals surface area contributed by atoms with Crippen molar-refractivity contribution >= 4 is 0 Å². The van der Waals surface area contributed by atoms with Crippen molar-refractivity contribution in [1.82, 2.24) is 5.32 Å². The van der Waals surface area contributed by atoms with Crippen LogP contribution in [0.2, 0.25) is 0 Å². The lowest BCUT2D eigenvalue weighted by Crippen LogP contribution is -2.52. The smallest absolute Gasteiger partial charge is 0.164 e. The third-order valence-electron chi connectivity index (χ3n) is 5.15. The number of fused-ring (bicyclic) bond motifs is 1. The molecule has 3 unspecified atom stereocenters. The molecule has 2 fully saturated rings. The first-order valence-corrected chi connectivity index (χ1v) is 8.40. The van der Waals surface area contributed by atoms with Crippen LogP contribution in [-0.4, -0.2) is 41.8 Å². The number of hydrogen-bond acceptors (Lipinski definition) is 4. The first-order valence-electron chi connectivity index (χ1n) is 8.40. The molecule has 1 heterocycles. The topological polar surface area (TPSA) is 50.7 Å². The Kier molecular flexibility index (Phi) is 4.42. The minimum Gasteiger partial charge on any atom is -0.388 e. The molecule has 1 saturated carbocycles. The molecule has 1 saturated heterocycles. The van der Waals surface area contributed by atoms with Gasteiger partial charge in [0.25, 0.3) is 0 Å². The van der Waals surface area contributed by atoms with Crippen LogP contribution in [-0.2, 0) is 9.47 Å². The van der Waals surface area contributed by atoms with Crippen molar-refractivity contribution in [2.24, 2.45) is 11.8 Å². The number of aliphatic hydroxyl groups excluding tert-OH is 1. The highest BCUT2D eigenvalue weighted by Crippen LogP contribution is 2.34. The Labute approximate surface area is 127 Å². The lowest BCUT2D eigenvalue weighted by molar-refractivity contribution is -0.153. The summed E-state index contributed by atoms with van der Waals surface area (Å²) in [5, 5.41) is 14.0. The molecular formula is C17H29NO3. The van der Waals surface area contributed by atoms with Crippen LogP contribution >= 0.6 is 0 Å². The van der Waals surface area contributed by atoms with Gasteiger partial charge < -0.3 is 19.9 Å². The predicted octanol–water partition coefficient (Wildman–Crippen LogP) is 2.22. The minimum absolute atomic E-state index is 0.0249. The van der Waals surface area contributed by atoms with Crippen LogP contribution in [0, 0.1) is 11.8 Å². The number of aliphatic hydroxyl groups is 1. The second kappa shape index (κ2) is 5.99. The Hall–Kier alpha value is -0.420. The van der Waals surface area contributed by atoms with Crippen LogP contribution in [0.15, 0.2) is 12.2 Å². The molecule has 2 N–H and O–H groups in total. The maximum absolute atomic E-state index is 10.5. The van der Waals surface area contributed by atoms with E-state index in [0.717, 1.165) is 18.4 Å². The van der Waals surface area contributed by atoms with Crippen LogP contribution in [0.3, 0.4) is 0 Å². The van der Waals surface area contributed by atoms with Gasteiger partial charge in [-0.05, 0) is 45.1 Å². The van der Waals surface area contributed by atoms with Crippen molar-refractivity contribution in [3.63, 3.8) is 0 Å². The average molecular weight is 295 g/mol. The molecule has 3 aliphatic rings. The van der Waals surface area contributed by atoms with Crippen molar-refractivity contribution in [2.45, 2.75) is 76.6 Å². The monoisotopic (exact) mass is 295 g/mol. The molecule has 3 rings (SSSR count). The fraction of sp³-hybridized carbons (Fsp3) is 0.882. The lowest BCUT2D eigenvalue weighted by Gasteiger charge is -2.33. The second-order valence-electron chi connectivity index (χ2n) is 7.50. The summed E-state index contributed by atoms with van der Waals surface area (Å²) in [6.07, 6.45) is 8.45. The van der Waals surface area contributed by atoms with Crippen molar-refractivity contribution in [3.8, 4) is 0 Å². The summed E-state index contributed by atoms with van der Waals surface area (Å²) in [7, 11) is 0. The largest absolute Gasteiger partial charge is 0.388 e. The Bertz CT molecular complexity index is 387. The van der Waals surface area contributed by atoms with E-state index in [4.69, 9.17) is 9.47 Å². The normalized spacial score (nSPS) is 45.5. The third-order valence-corrected chi connectivity index (χ3v) is 5.15. The molecule has 4 nitrogen and oxygen atoms in total. The molecule has 4 heteroatoms. The first-order chi connectivity index (χ1) is 9.94. The number of hydrogen-bond donors (Lipinski definition) is 2. The van der Waals surface area contributed by atoms with E-state index in [2.05, 4.69) is 12.2 Å². The third kappa shape index (κ3) is 3.50. The van der Waals surface area contributed by atoms with E-state index in [0.29, 0.717) is 0 Å². The maximum Gasteiger partial charge on any atom is 0.164 e. The van der Waals surface area contributed by atoms with Crippen LogP contribution in [0.25, 0.3) is 0 Å². The Morgan fingerprint density at radius 3 is 2.57 bits per heavy atom. The van der Waals surface area contributed by atoms with Crippen molar-refractivity contribution in [1.29, 1.82) is 0 Å². The van der Waals surface area contributed by atoms with E-state index >= 15 is 0 Å². The highest BCUT2D eigenvalue weighted by atomic mass is 16.8. The molecule has 21 heavy (non-hydrogen) atoms. The van der Waals surface area contributed by atoms with Crippen molar-refractivity contribution < 1.29 is 14.6 Å². The van der Waals surface area contributed by atoms with Gasteiger partial charge in [-0.2, -0.15) is 0 Å². The number of ether oxygens (including phenoxy) is 2. The predicted molar refractivity (Wildman–Crippen MR) is 81.9 cm³/mol. The van der Waals surface area contributed by atoms with E-state index in [1.807, 2.05) is 26.0 Å². The molecule has 0 aromatic carbocycles. The van der Waals surface area contributed by atoms with E-state index in [1.165, 1.54) is 25.7 Å². The maximum atomic E-state index is 10.5. The van der Waals surface area contributed by atoms with E-state index in [9.17, 15) is 5.11 Å². The minimum atomic E-state index is -0.602. The fourth-order valence-electron chi connectivity index (χ4n) is 3.80. The SMILES string of the molecule is CC1CCC(CNC2C=CC3OC(C)(C)O[C@@H]3C2O)CC1. The van der Waals surface area contributed by atoms with Crippen LogP contribution in [0.5, 0.6) is 0 Å². The van der Waals surface area contributed by atoms with Gasteiger partial charge in [0.1, 0.15) is 18.3 Å². The molecule has 0 radical (unpaired) electrons. The highest BCUT2D eigenvalue weighted by Gasteiger charge is 2.47. The van der Waals surface area contributed by atoms with Gasteiger partial charge in [-0.15, -0.1) is 0 Å². The molecule has 2 aliphatic carbocycles. The van der Waals surface area contributed by atoms with E-state index < -0.39 is 11.9 Å². The number of rotatable bonds is 3. The van der Waals surface area contributed by atoms with Gasteiger partial charge in [0, 0.05) is 0 Å². The molecule has 0 spiro atoms. The van der Waals surface area contributed by atoms with Gasteiger partial charge in [0.05, 0.1) is 6.04 Å². The van der Waals surface area contributed by atoms with Gasteiger partial charge in [0.15, 0.2) is 5.79 Å². The molecule has 0 aromatic heterocycles. The molecular weight excluding hydrogens is 266 g/mol. The molecule has 4 atom stereocenters. The van der Waals surface area contributed by atoms with Crippen LogP contribution in [0.4, 0.5) is 0 Å². The van der Waals surface area contributed by atoms with Gasteiger partial charge in [-0.1, -0.05) is 31.9 Å². The Balaban J connectivity index is 1.52. The zero-order valence-electron chi connectivity index (χ0n) is 13.4. The van der Waals surface area contributed by atoms with Crippen LogP contribution < -0.4 is 5.32 Å². The summed E-state index contributed by atoms with van der Waals surface area (Å²) in [5.41, 5.74) is 0. The van der Waals surface area contributed by atoms with Crippen molar-refractivity contribution in [2.75, 3.05) is 6.54 Å². The number of nitrogens with one attached hydrogen (secondary N) is 1. The first kappa shape index (κ1) is 15.5. The van der Waals surface area contributed by atoms with E-state index in [-0.39, 0.29) is 18.2 Å². The fourth-order valence-corrected chi connectivity index (χ4v) is 3.80. The highest BCUT2D eigenvalue weighted by molar-refractivity contribution is 5.14. The summed E-state index contributed by atoms with van der Waals surface area (Å²) in [6.45, 7) is 7.13. The summed E-state index contributed by atoms with van der Waals surface area (Å²) < 4.78 is 11.6. The zero-order chi connectivity index (χ0) is 15.0. The summed E-state index contributed by atoms with van der Waals surface area (Å²) >= 11 is 0. The molecule has 1 aliphatic heterocycles. The van der Waals surface area contributed by atoms with Crippen LogP contribution in [0.1, 0.15) is 46.5 Å². The standard InChI is InChI=1S/C17H29NO3/c1-11-4-6-12(7-5-11)10-18-13-8-9-14-16(15(13)19)21-17(2,3)20-14/h8-9,11-16,18-19H,4-7,10H2,1-3H3/t11?,12?,13?,14?,15?,16-/m0/s1. The quantitative estimate of drug-likeness (QED) is 0.784. The summed E-state index contributed by atoms with van der Waals surface area (Å²) in [6, 6.07) is -0.0249. The molecule has 0 amide bonds. The van der Waals surface area contributed by atoms with Gasteiger partial charge in [-0.3, -0.25) is 0 Å². The molecule has 120 valence electrons.